The van der Waals surface area contributed by atoms with Crippen LogP contribution in [0.4, 0.5) is 0 Å². The van der Waals surface area contributed by atoms with Crippen molar-refractivity contribution in [3.05, 3.63) is 53.0 Å². The van der Waals surface area contributed by atoms with Crippen LogP contribution >= 0.6 is 11.5 Å². The first-order valence-corrected chi connectivity index (χ1v) is 8.40. The highest BCUT2D eigenvalue weighted by molar-refractivity contribution is 7.03. The fourth-order valence-corrected chi connectivity index (χ4v) is 3.66. The molecule has 22 heavy (non-hydrogen) atoms. The Labute approximate surface area is 134 Å². The molecule has 1 fully saturated rings. The molecule has 116 valence electrons. The molecule has 3 atom stereocenters. The smallest absolute Gasteiger partial charge is 0.271 e. The predicted molar refractivity (Wildman–Crippen MR) is 87.2 cm³/mol. The zero-order valence-corrected chi connectivity index (χ0v) is 13.4. The van der Waals surface area contributed by atoms with Gasteiger partial charge in [-0.25, -0.2) is 0 Å². The van der Waals surface area contributed by atoms with Gasteiger partial charge in [0.2, 0.25) is 0 Å². The van der Waals surface area contributed by atoms with Gasteiger partial charge in [0.25, 0.3) is 5.91 Å². The number of nitrogens with zero attached hydrogens (tertiary/aromatic N) is 1. The Bertz CT molecular complexity index is 600. The van der Waals surface area contributed by atoms with E-state index in [4.69, 9.17) is 4.74 Å². The number of benzene rings is 1. The number of carbonyl (C=O) groups excluding carboxylic acids is 1. The van der Waals surface area contributed by atoms with Crippen LogP contribution < -0.4 is 5.32 Å². The van der Waals surface area contributed by atoms with Crippen LogP contribution in [0, 0.1) is 0 Å². The third kappa shape index (κ3) is 3.36. The van der Waals surface area contributed by atoms with Crippen molar-refractivity contribution in [2.45, 2.75) is 37.3 Å². The van der Waals surface area contributed by atoms with Gasteiger partial charge >= 0.3 is 0 Å². The number of nitrogens with one attached hydrogen (secondary N) is 1. The second-order valence-corrected chi connectivity index (χ2v) is 6.33. The molecule has 1 aromatic carbocycles. The molecule has 0 radical (unpaired) electrons. The molecule has 1 N–H and O–H groups in total. The number of hydrogen-bond acceptors (Lipinski definition) is 4. The first-order chi connectivity index (χ1) is 10.8. The topological polar surface area (TPSA) is 51.2 Å². The Morgan fingerprint density at radius 3 is 2.77 bits per heavy atom. The van der Waals surface area contributed by atoms with Crippen molar-refractivity contribution < 1.29 is 9.53 Å². The molecule has 0 aliphatic heterocycles. The molecule has 0 unspecified atom stereocenters. The van der Waals surface area contributed by atoms with E-state index in [1.165, 1.54) is 17.1 Å². The number of methoxy groups -OCH3 is 1. The van der Waals surface area contributed by atoms with Crippen LogP contribution in [0.15, 0.2) is 41.8 Å². The van der Waals surface area contributed by atoms with Crippen LogP contribution in [-0.4, -0.2) is 29.5 Å². The van der Waals surface area contributed by atoms with Crippen LogP contribution in [0.1, 0.15) is 41.2 Å². The molecule has 4 nitrogen and oxygen atoms in total. The Kier molecular flexibility index (Phi) is 4.85. The van der Waals surface area contributed by atoms with Crippen LogP contribution in [0.25, 0.3) is 0 Å². The quantitative estimate of drug-likeness (QED) is 0.942. The maximum atomic E-state index is 12.2. The minimum Gasteiger partial charge on any atom is -0.379 e. The number of carbonyl (C=O) groups is 1. The summed E-state index contributed by atoms with van der Waals surface area (Å²) in [6, 6.07) is 12.3. The summed E-state index contributed by atoms with van der Waals surface area (Å²) in [4.78, 5) is 12.2. The lowest BCUT2D eigenvalue weighted by Crippen LogP contribution is -2.47. The monoisotopic (exact) mass is 316 g/mol. The lowest BCUT2D eigenvalue weighted by molar-refractivity contribution is 0.0329. The van der Waals surface area contributed by atoms with Gasteiger partial charge in [-0.05, 0) is 48.3 Å². The van der Waals surface area contributed by atoms with Gasteiger partial charge in [-0.3, -0.25) is 4.79 Å². The number of hydrogen-bond donors (Lipinski definition) is 1. The van der Waals surface area contributed by atoms with Gasteiger partial charge in [0.05, 0.1) is 12.1 Å². The Hall–Kier alpha value is -1.72. The summed E-state index contributed by atoms with van der Waals surface area (Å²) in [5.41, 5.74) is 1.85. The van der Waals surface area contributed by atoms with Gasteiger partial charge in [-0.1, -0.05) is 30.3 Å². The highest BCUT2D eigenvalue weighted by Gasteiger charge is 2.32. The van der Waals surface area contributed by atoms with E-state index in [0.29, 0.717) is 11.6 Å². The van der Waals surface area contributed by atoms with E-state index in [1.54, 1.807) is 13.2 Å². The second-order valence-electron chi connectivity index (χ2n) is 5.66. The fraction of sp³-hybridized carbons (Fsp3) is 0.412. The van der Waals surface area contributed by atoms with Crippen molar-refractivity contribution in [3.8, 4) is 0 Å². The summed E-state index contributed by atoms with van der Waals surface area (Å²) in [6.07, 6.45) is 2.96. The van der Waals surface area contributed by atoms with Crippen molar-refractivity contribution in [1.29, 1.82) is 0 Å². The second kappa shape index (κ2) is 7.03. The number of rotatable bonds is 4. The van der Waals surface area contributed by atoms with Crippen LogP contribution in [-0.2, 0) is 4.74 Å². The van der Waals surface area contributed by atoms with Gasteiger partial charge < -0.3 is 10.1 Å². The molecule has 1 heterocycles. The molecule has 1 aliphatic rings. The first-order valence-electron chi connectivity index (χ1n) is 7.57. The number of ether oxygens (including phenoxy) is 1. The van der Waals surface area contributed by atoms with E-state index in [9.17, 15) is 4.79 Å². The molecule has 3 rings (SSSR count). The normalized spacial score (nSPS) is 24.9. The van der Waals surface area contributed by atoms with Gasteiger partial charge in [-0.2, -0.15) is 4.37 Å². The summed E-state index contributed by atoms with van der Waals surface area (Å²) in [5, 5.41) is 4.89. The average Bonchev–Trinajstić information content (AvgIpc) is 3.10. The van der Waals surface area contributed by atoms with E-state index < -0.39 is 0 Å². The van der Waals surface area contributed by atoms with E-state index in [0.717, 1.165) is 19.3 Å². The van der Waals surface area contributed by atoms with Crippen molar-refractivity contribution in [3.63, 3.8) is 0 Å². The van der Waals surface area contributed by atoms with E-state index in [2.05, 4.69) is 34.0 Å². The van der Waals surface area contributed by atoms with Crippen LogP contribution in [0.5, 0.6) is 0 Å². The van der Waals surface area contributed by atoms with Crippen molar-refractivity contribution >= 4 is 17.4 Å². The molecule has 1 aliphatic carbocycles. The minimum absolute atomic E-state index is 0.0431. The maximum Gasteiger partial charge on any atom is 0.271 e. The van der Waals surface area contributed by atoms with E-state index >= 15 is 0 Å². The molecule has 2 aromatic rings. The largest absolute Gasteiger partial charge is 0.379 e. The highest BCUT2D eigenvalue weighted by atomic mass is 32.1. The summed E-state index contributed by atoms with van der Waals surface area (Å²) in [6.45, 7) is 0. The van der Waals surface area contributed by atoms with E-state index in [-0.39, 0.29) is 18.1 Å². The fourth-order valence-electron chi connectivity index (χ4n) is 3.15. The van der Waals surface area contributed by atoms with Gasteiger partial charge in [0, 0.05) is 12.5 Å². The summed E-state index contributed by atoms with van der Waals surface area (Å²) >= 11 is 1.29. The summed E-state index contributed by atoms with van der Waals surface area (Å²) in [5.74, 6) is 0.394. The molecule has 1 aromatic heterocycles. The van der Waals surface area contributed by atoms with Crippen molar-refractivity contribution in [2.75, 3.05) is 7.11 Å². The zero-order chi connectivity index (χ0) is 15.4. The Morgan fingerprint density at radius 2 is 2.09 bits per heavy atom. The summed E-state index contributed by atoms with van der Waals surface area (Å²) in [7, 11) is 1.72. The average molecular weight is 316 g/mol. The summed E-state index contributed by atoms with van der Waals surface area (Å²) < 4.78 is 9.73. The predicted octanol–water partition coefficient (Wildman–Crippen LogP) is 3.22. The number of aromatic nitrogens is 1. The Balaban J connectivity index is 1.64. The lowest BCUT2D eigenvalue weighted by atomic mass is 9.80. The van der Waals surface area contributed by atoms with Crippen molar-refractivity contribution in [2.24, 2.45) is 0 Å². The van der Waals surface area contributed by atoms with Gasteiger partial charge in [0.1, 0.15) is 5.69 Å². The standard InChI is InChI=1S/C17H20N2O2S/c1-21-16-11-13(12-5-3-2-4-6-12)7-8-14(16)18-17(20)15-9-10-22-19-15/h2-6,9-10,13-14,16H,7-8,11H2,1H3,(H,18,20)/t13-,14-,16-/m1/s1. The third-order valence-corrected chi connectivity index (χ3v) is 4.91. The lowest BCUT2D eigenvalue weighted by Gasteiger charge is -2.35. The molecule has 5 heteroatoms. The SMILES string of the molecule is CO[C@@H]1C[C@H](c2ccccc2)CC[C@H]1NC(=O)c1ccsn1. The first kappa shape index (κ1) is 15.2. The molecule has 1 amide bonds. The molecular weight excluding hydrogens is 296 g/mol. The third-order valence-electron chi connectivity index (χ3n) is 4.35. The molecule has 1 saturated carbocycles. The maximum absolute atomic E-state index is 12.2. The Morgan fingerprint density at radius 1 is 1.27 bits per heavy atom. The van der Waals surface area contributed by atoms with E-state index in [1.807, 2.05) is 11.4 Å². The van der Waals surface area contributed by atoms with Crippen molar-refractivity contribution in [1.82, 2.24) is 9.69 Å². The number of amides is 1. The van der Waals surface area contributed by atoms with Crippen LogP contribution in [0.3, 0.4) is 0 Å². The van der Waals surface area contributed by atoms with Gasteiger partial charge in [-0.15, -0.1) is 0 Å². The molecular formula is C17H20N2O2S. The van der Waals surface area contributed by atoms with Crippen LogP contribution in [0.2, 0.25) is 0 Å². The van der Waals surface area contributed by atoms with Gasteiger partial charge in [0.15, 0.2) is 0 Å². The molecule has 0 bridgehead atoms. The minimum atomic E-state index is -0.105. The molecule has 0 saturated heterocycles. The highest BCUT2D eigenvalue weighted by Crippen LogP contribution is 2.34. The zero-order valence-electron chi connectivity index (χ0n) is 12.6. The molecule has 0 spiro atoms.